The van der Waals surface area contributed by atoms with Gasteiger partial charge in [0.2, 0.25) is 0 Å². The number of carbonyl (C=O) groups is 2. The Kier molecular flexibility index (Phi) is 6.08. The third kappa shape index (κ3) is 3.80. The number of fused-ring (bicyclic) bond motifs is 5. The van der Waals surface area contributed by atoms with E-state index in [4.69, 9.17) is 4.74 Å². The summed E-state index contributed by atoms with van der Waals surface area (Å²) in [7, 11) is 1.69. The zero-order valence-electron chi connectivity index (χ0n) is 21.4. The van der Waals surface area contributed by atoms with Crippen LogP contribution in [0.25, 0.3) is 0 Å². The number of aliphatic hydroxyl groups is 1. The van der Waals surface area contributed by atoms with Crippen LogP contribution in [0.15, 0.2) is 12.4 Å². The number of aromatic nitrogens is 2. The molecule has 188 valence electrons. The fourth-order valence-electron chi connectivity index (χ4n) is 9.15. The molecular formula is C28H42N2O4. The lowest BCUT2D eigenvalue weighted by atomic mass is 9.44. The van der Waals surface area contributed by atoms with Crippen LogP contribution in [0, 0.1) is 40.4 Å². The summed E-state index contributed by atoms with van der Waals surface area (Å²) in [5.74, 6) is 2.94. The van der Waals surface area contributed by atoms with Gasteiger partial charge in [-0.2, -0.15) is 5.10 Å². The number of carbonyl (C=O) groups excluding carboxylic acids is 2. The van der Waals surface area contributed by atoms with E-state index in [1.165, 1.54) is 26.2 Å². The predicted octanol–water partition coefficient (Wildman–Crippen LogP) is 4.69. The van der Waals surface area contributed by atoms with Crippen molar-refractivity contribution in [2.24, 2.45) is 40.4 Å². The number of Topliss-reactive ketones (excluding diaryl/α,β-unsaturated/α-hetero) is 2. The third-order valence-electron chi connectivity index (χ3n) is 11.0. The van der Waals surface area contributed by atoms with Crippen molar-refractivity contribution < 1.29 is 19.4 Å². The van der Waals surface area contributed by atoms with Gasteiger partial charge in [-0.3, -0.25) is 14.3 Å². The molecule has 0 saturated heterocycles. The Morgan fingerprint density at radius 3 is 2.56 bits per heavy atom. The second-order valence-corrected chi connectivity index (χ2v) is 12.6. The molecule has 4 aliphatic rings. The van der Waals surface area contributed by atoms with E-state index in [0.717, 1.165) is 38.5 Å². The number of rotatable bonds is 6. The van der Waals surface area contributed by atoms with Crippen LogP contribution in [-0.4, -0.2) is 45.8 Å². The Balaban J connectivity index is 1.30. The highest BCUT2D eigenvalue weighted by Crippen LogP contribution is 2.68. The van der Waals surface area contributed by atoms with Gasteiger partial charge < -0.3 is 9.84 Å². The predicted molar refractivity (Wildman–Crippen MR) is 129 cm³/mol. The first-order chi connectivity index (χ1) is 16.1. The molecule has 5 rings (SSSR count). The van der Waals surface area contributed by atoms with Crippen LogP contribution in [0.1, 0.15) is 88.9 Å². The molecule has 34 heavy (non-hydrogen) atoms. The van der Waals surface area contributed by atoms with Gasteiger partial charge in [0, 0.05) is 19.2 Å². The maximum atomic E-state index is 13.5. The van der Waals surface area contributed by atoms with Gasteiger partial charge in [-0.05, 0) is 99.2 Å². The zero-order chi connectivity index (χ0) is 24.3. The highest BCUT2D eigenvalue weighted by molar-refractivity contribution is 5.93. The summed E-state index contributed by atoms with van der Waals surface area (Å²) in [5.41, 5.74) is 0.279. The summed E-state index contributed by atoms with van der Waals surface area (Å²) in [4.78, 5) is 25.1. The van der Waals surface area contributed by atoms with Crippen molar-refractivity contribution in [3.63, 3.8) is 0 Å². The summed E-state index contributed by atoms with van der Waals surface area (Å²) in [5, 5.41) is 15.3. The van der Waals surface area contributed by atoms with Crippen LogP contribution in [-0.2, 0) is 16.1 Å². The van der Waals surface area contributed by atoms with Crippen molar-refractivity contribution in [1.82, 2.24) is 9.78 Å². The summed E-state index contributed by atoms with van der Waals surface area (Å²) >= 11 is 0. The van der Waals surface area contributed by atoms with E-state index in [2.05, 4.69) is 18.9 Å². The highest BCUT2D eigenvalue weighted by Gasteiger charge is 2.62. The van der Waals surface area contributed by atoms with E-state index >= 15 is 0 Å². The molecule has 4 fully saturated rings. The smallest absolute Gasteiger partial charge is 0.162 e. The summed E-state index contributed by atoms with van der Waals surface area (Å²) in [6, 6.07) is 0. The van der Waals surface area contributed by atoms with E-state index in [0.29, 0.717) is 41.3 Å². The molecule has 6 heteroatoms. The molecule has 4 aliphatic carbocycles. The van der Waals surface area contributed by atoms with Gasteiger partial charge >= 0.3 is 0 Å². The molecule has 1 heterocycles. The molecule has 0 spiro atoms. The van der Waals surface area contributed by atoms with E-state index in [9.17, 15) is 14.7 Å². The van der Waals surface area contributed by atoms with Crippen molar-refractivity contribution in [1.29, 1.82) is 0 Å². The van der Waals surface area contributed by atoms with Crippen LogP contribution < -0.4 is 0 Å². The maximum Gasteiger partial charge on any atom is 0.162 e. The minimum atomic E-state index is -0.658. The molecule has 1 aromatic rings. The molecule has 4 saturated carbocycles. The minimum absolute atomic E-state index is 0.0163. The number of nitrogens with zero attached hydrogens (tertiary/aromatic N) is 2. The zero-order valence-corrected chi connectivity index (χ0v) is 21.4. The lowest BCUT2D eigenvalue weighted by Crippen LogP contribution is -2.56. The van der Waals surface area contributed by atoms with E-state index in [-0.39, 0.29) is 29.4 Å². The number of hydrogen-bond acceptors (Lipinski definition) is 5. The Hall–Kier alpha value is -1.53. The van der Waals surface area contributed by atoms with Gasteiger partial charge in [0.25, 0.3) is 0 Å². The third-order valence-corrected chi connectivity index (χ3v) is 11.0. The fraction of sp³-hybridized carbons (Fsp3) is 0.821. The Morgan fingerprint density at radius 1 is 1.09 bits per heavy atom. The number of ether oxygens (including phenoxy) is 1. The molecule has 0 unspecified atom stereocenters. The van der Waals surface area contributed by atoms with Gasteiger partial charge in [-0.1, -0.05) is 13.8 Å². The van der Waals surface area contributed by atoms with Crippen molar-refractivity contribution in [2.45, 2.75) is 90.7 Å². The Bertz CT molecular complexity index is 958. The van der Waals surface area contributed by atoms with Crippen LogP contribution in [0.2, 0.25) is 0 Å². The topological polar surface area (TPSA) is 81.4 Å². The Labute approximate surface area is 203 Å². The molecule has 0 amide bonds. The molecule has 6 nitrogen and oxygen atoms in total. The lowest BCUT2D eigenvalue weighted by molar-refractivity contribution is -0.164. The standard InChI is InChI=1S/C28H42N2O4/c1-18(31)19-14-29-30(15-19)16-25(32)24-8-7-22-21-6-5-20-13-28(33,17-34-4)12-11-26(20,2)23(21)9-10-27(22,24)3/h14-15,20-24,33H,5-13,16-17H2,1-4H3/t20-,21-,22-,23-,24+,26-,27-,28+/m0/s1. The fourth-order valence-corrected chi connectivity index (χ4v) is 9.15. The normalized spacial score (nSPS) is 43.6. The van der Waals surface area contributed by atoms with Crippen LogP contribution in [0.4, 0.5) is 0 Å². The molecule has 1 aromatic heterocycles. The van der Waals surface area contributed by atoms with Crippen molar-refractivity contribution in [3.05, 3.63) is 18.0 Å². The minimum Gasteiger partial charge on any atom is -0.387 e. The van der Waals surface area contributed by atoms with Gasteiger partial charge in [-0.15, -0.1) is 0 Å². The first kappa shape index (κ1) is 24.2. The van der Waals surface area contributed by atoms with Crippen LogP contribution >= 0.6 is 0 Å². The van der Waals surface area contributed by atoms with Gasteiger partial charge in [0.05, 0.1) is 30.5 Å². The van der Waals surface area contributed by atoms with E-state index < -0.39 is 5.60 Å². The number of methoxy groups -OCH3 is 1. The maximum absolute atomic E-state index is 13.5. The van der Waals surface area contributed by atoms with Gasteiger partial charge in [0.1, 0.15) is 0 Å². The van der Waals surface area contributed by atoms with E-state index in [1.807, 2.05) is 0 Å². The molecule has 0 radical (unpaired) electrons. The molecular weight excluding hydrogens is 428 g/mol. The SMILES string of the molecule is COC[C@@]1(O)CC[C@@]2(C)[C@@H](CC[C@@H]3[C@@H]2CC[C@]2(C)[C@@H](C(=O)Cn4cc(C(C)=O)cn4)CC[C@@H]32)C1. The first-order valence-corrected chi connectivity index (χ1v) is 13.4. The van der Waals surface area contributed by atoms with Crippen molar-refractivity contribution in [2.75, 3.05) is 13.7 Å². The van der Waals surface area contributed by atoms with Crippen LogP contribution in [0.5, 0.6) is 0 Å². The average Bonchev–Trinajstić information content (AvgIpc) is 3.38. The summed E-state index contributed by atoms with van der Waals surface area (Å²) in [6.45, 7) is 7.14. The highest BCUT2D eigenvalue weighted by atomic mass is 16.5. The Morgan fingerprint density at radius 2 is 1.85 bits per heavy atom. The largest absolute Gasteiger partial charge is 0.387 e. The molecule has 8 atom stereocenters. The number of ketones is 2. The van der Waals surface area contributed by atoms with Crippen LogP contribution in [0.3, 0.4) is 0 Å². The number of hydrogen-bond donors (Lipinski definition) is 1. The monoisotopic (exact) mass is 470 g/mol. The van der Waals surface area contributed by atoms with E-state index in [1.54, 1.807) is 24.2 Å². The van der Waals surface area contributed by atoms with Gasteiger partial charge in [-0.25, -0.2) is 0 Å². The molecule has 0 bridgehead atoms. The molecule has 0 aliphatic heterocycles. The summed E-state index contributed by atoms with van der Waals surface area (Å²) < 4.78 is 7.01. The first-order valence-electron chi connectivity index (χ1n) is 13.4. The second-order valence-electron chi connectivity index (χ2n) is 12.6. The van der Waals surface area contributed by atoms with Gasteiger partial charge in [0.15, 0.2) is 11.6 Å². The second kappa shape index (κ2) is 8.55. The molecule has 1 N–H and O–H groups in total. The quantitative estimate of drug-likeness (QED) is 0.610. The lowest BCUT2D eigenvalue weighted by Gasteiger charge is -2.62. The van der Waals surface area contributed by atoms with Crippen molar-refractivity contribution >= 4 is 11.6 Å². The average molecular weight is 471 g/mol. The summed E-state index contributed by atoms with van der Waals surface area (Å²) in [6.07, 6.45) is 13.0. The molecule has 0 aromatic carbocycles. The van der Waals surface area contributed by atoms with Crippen molar-refractivity contribution in [3.8, 4) is 0 Å².